The summed E-state index contributed by atoms with van der Waals surface area (Å²) in [6.07, 6.45) is 4.07. The number of nitrogens with one attached hydrogen (secondary N) is 1. The van der Waals surface area contributed by atoms with Crippen LogP contribution in [0.5, 0.6) is 5.75 Å². The number of methoxy groups -OCH3 is 1. The molecule has 166 valence electrons. The van der Waals surface area contributed by atoms with E-state index in [-0.39, 0.29) is 35.0 Å². The zero-order valence-electron chi connectivity index (χ0n) is 19.1. The Morgan fingerprint density at radius 3 is 2.67 bits per heavy atom. The minimum Gasteiger partial charge on any atom is -0.491 e. The third-order valence-electron chi connectivity index (χ3n) is 7.92. The van der Waals surface area contributed by atoms with Crippen molar-refractivity contribution in [3.05, 3.63) is 29.8 Å². The third-order valence-corrected chi connectivity index (χ3v) is 7.92. The molecular formula is C25H37NO4. The Morgan fingerprint density at radius 1 is 1.27 bits per heavy atom. The molecule has 3 fully saturated rings. The second-order valence-electron chi connectivity index (χ2n) is 10.3. The maximum Gasteiger partial charge on any atom is 0.222 e. The molecule has 5 heteroatoms. The van der Waals surface area contributed by atoms with Gasteiger partial charge in [-0.25, -0.2) is 0 Å². The quantitative estimate of drug-likeness (QED) is 0.712. The van der Waals surface area contributed by atoms with Crippen molar-refractivity contribution in [2.75, 3.05) is 20.3 Å². The van der Waals surface area contributed by atoms with Crippen molar-refractivity contribution in [3.8, 4) is 5.75 Å². The van der Waals surface area contributed by atoms with E-state index < -0.39 is 0 Å². The van der Waals surface area contributed by atoms with Gasteiger partial charge in [-0.2, -0.15) is 0 Å². The highest BCUT2D eigenvalue weighted by Crippen LogP contribution is 2.70. The van der Waals surface area contributed by atoms with Gasteiger partial charge >= 0.3 is 0 Å². The number of carbonyl (C=O) groups is 1. The van der Waals surface area contributed by atoms with Crippen molar-refractivity contribution in [2.24, 2.45) is 22.7 Å². The Kier molecular flexibility index (Phi) is 5.88. The van der Waals surface area contributed by atoms with Gasteiger partial charge in [0.1, 0.15) is 5.75 Å². The van der Waals surface area contributed by atoms with E-state index in [0.29, 0.717) is 24.9 Å². The lowest BCUT2D eigenvalue weighted by Crippen LogP contribution is -2.59. The number of carbonyl (C=O) groups excluding carboxylic acids is 1. The van der Waals surface area contributed by atoms with Crippen LogP contribution < -0.4 is 10.1 Å². The van der Waals surface area contributed by atoms with Crippen molar-refractivity contribution < 1.29 is 19.0 Å². The van der Waals surface area contributed by atoms with Crippen LogP contribution in [0.1, 0.15) is 65.0 Å². The van der Waals surface area contributed by atoms with Gasteiger partial charge in [0.25, 0.3) is 0 Å². The highest BCUT2D eigenvalue weighted by atomic mass is 16.5. The summed E-state index contributed by atoms with van der Waals surface area (Å²) in [5.74, 6) is 2.06. The maximum atomic E-state index is 12.6. The van der Waals surface area contributed by atoms with Crippen LogP contribution in [-0.2, 0) is 14.3 Å². The molecule has 2 saturated carbocycles. The molecule has 1 aromatic carbocycles. The zero-order valence-corrected chi connectivity index (χ0v) is 19.1. The number of hydrogen-bond acceptors (Lipinski definition) is 4. The van der Waals surface area contributed by atoms with Crippen molar-refractivity contribution in [3.63, 3.8) is 0 Å². The van der Waals surface area contributed by atoms with E-state index in [1.165, 1.54) is 18.4 Å². The Morgan fingerprint density at radius 2 is 2.00 bits per heavy atom. The molecule has 1 aliphatic heterocycles. The van der Waals surface area contributed by atoms with Gasteiger partial charge in [0.15, 0.2) is 0 Å². The molecule has 1 heterocycles. The molecule has 1 N–H and O–H groups in total. The summed E-state index contributed by atoms with van der Waals surface area (Å²) in [7, 11) is 1.64. The highest BCUT2D eigenvalue weighted by Gasteiger charge is 2.68. The van der Waals surface area contributed by atoms with Gasteiger partial charge in [-0.1, -0.05) is 26.0 Å². The molecule has 1 amide bonds. The smallest absolute Gasteiger partial charge is 0.222 e. The average molecular weight is 416 g/mol. The van der Waals surface area contributed by atoms with Crippen molar-refractivity contribution in [1.82, 2.24) is 5.32 Å². The van der Waals surface area contributed by atoms with Gasteiger partial charge in [0, 0.05) is 26.2 Å². The molecule has 0 radical (unpaired) electrons. The number of rotatable bonds is 7. The summed E-state index contributed by atoms with van der Waals surface area (Å²) in [5, 5.41) is 3.43. The topological polar surface area (TPSA) is 56.8 Å². The zero-order chi connectivity index (χ0) is 21.5. The van der Waals surface area contributed by atoms with Crippen molar-refractivity contribution >= 4 is 5.91 Å². The lowest BCUT2D eigenvalue weighted by atomic mass is 9.59. The van der Waals surface area contributed by atoms with Crippen molar-refractivity contribution in [2.45, 2.75) is 71.6 Å². The number of amides is 1. The van der Waals surface area contributed by atoms with E-state index in [9.17, 15) is 4.79 Å². The first-order valence-corrected chi connectivity index (χ1v) is 11.4. The van der Waals surface area contributed by atoms with E-state index in [2.05, 4.69) is 43.4 Å². The lowest BCUT2D eigenvalue weighted by Gasteiger charge is -2.53. The summed E-state index contributed by atoms with van der Waals surface area (Å²) in [6, 6.07) is 8.62. The highest BCUT2D eigenvalue weighted by molar-refractivity contribution is 5.76. The summed E-state index contributed by atoms with van der Waals surface area (Å²) >= 11 is 0. The number of fused-ring (bicyclic) bond motifs is 1. The molecule has 1 spiro atoms. The van der Waals surface area contributed by atoms with Crippen LogP contribution in [0.3, 0.4) is 0 Å². The molecule has 1 aromatic rings. The molecule has 2 bridgehead atoms. The molecular weight excluding hydrogens is 378 g/mol. The third kappa shape index (κ3) is 3.64. The predicted molar refractivity (Wildman–Crippen MR) is 116 cm³/mol. The first-order valence-electron chi connectivity index (χ1n) is 11.4. The van der Waals surface area contributed by atoms with Crippen LogP contribution in [0, 0.1) is 22.7 Å². The normalized spacial score (nSPS) is 34.1. The number of hydrogen-bond donors (Lipinski definition) is 1. The Labute approximate surface area is 180 Å². The standard InChI is InChI=1S/C25H37NO4/c1-16(2)30-19-8-6-17(7-9-19)22-20-14-18-15-25(20,11-13-29-22)23(24(18,3)4)26-21(27)10-12-28-5/h6-9,16,18,20,22-23H,10-15H2,1-5H3,(H,26,27)/t18-,20-,22-,23+,25-/m1/s1. The predicted octanol–water partition coefficient (Wildman–Crippen LogP) is 4.51. The SMILES string of the molecule is COCCC(=O)N[C@H]1C(C)(C)[C@@H]2C[C@@H]3[C@@H](c4ccc(OC(C)C)cc4)OCC[C@@]31C2. The van der Waals surface area contributed by atoms with Crippen LogP contribution in [0.25, 0.3) is 0 Å². The molecule has 4 rings (SSSR count). The lowest BCUT2D eigenvalue weighted by molar-refractivity contribution is -0.137. The largest absolute Gasteiger partial charge is 0.491 e. The molecule has 1 saturated heterocycles. The van der Waals surface area contributed by atoms with Crippen LogP contribution in [0.2, 0.25) is 0 Å². The summed E-state index contributed by atoms with van der Waals surface area (Å²) < 4.78 is 17.3. The second kappa shape index (κ2) is 8.16. The van der Waals surface area contributed by atoms with Gasteiger partial charge in [-0.05, 0) is 73.5 Å². The Balaban J connectivity index is 1.57. The van der Waals surface area contributed by atoms with Gasteiger partial charge in [-0.3, -0.25) is 4.79 Å². The van der Waals surface area contributed by atoms with E-state index in [4.69, 9.17) is 14.2 Å². The fraction of sp³-hybridized carbons (Fsp3) is 0.720. The monoisotopic (exact) mass is 415 g/mol. The molecule has 3 aliphatic rings. The van der Waals surface area contributed by atoms with Gasteiger partial charge in [0.05, 0.1) is 18.8 Å². The minimum absolute atomic E-state index is 0.0892. The first-order chi connectivity index (χ1) is 14.3. The molecule has 30 heavy (non-hydrogen) atoms. The van der Waals surface area contributed by atoms with Crippen LogP contribution in [0.4, 0.5) is 0 Å². The van der Waals surface area contributed by atoms with Gasteiger partial charge in [-0.15, -0.1) is 0 Å². The molecule has 2 aliphatic carbocycles. The first kappa shape index (κ1) is 21.6. The van der Waals surface area contributed by atoms with Gasteiger partial charge in [0.2, 0.25) is 5.91 Å². The number of ether oxygens (including phenoxy) is 3. The molecule has 0 unspecified atom stereocenters. The summed E-state index contributed by atoms with van der Waals surface area (Å²) in [4.78, 5) is 12.6. The molecule has 0 aromatic heterocycles. The van der Waals surface area contributed by atoms with Crippen LogP contribution >= 0.6 is 0 Å². The molecule has 5 nitrogen and oxygen atoms in total. The van der Waals surface area contributed by atoms with E-state index >= 15 is 0 Å². The summed E-state index contributed by atoms with van der Waals surface area (Å²) in [5.41, 5.74) is 1.45. The van der Waals surface area contributed by atoms with E-state index in [1.807, 2.05) is 13.8 Å². The Hall–Kier alpha value is -1.59. The van der Waals surface area contributed by atoms with Gasteiger partial charge < -0.3 is 19.5 Å². The molecule has 5 atom stereocenters. The fourth-order valence-electron chi connectivity index (χ4n) is 6.55. The van der Waals surface area contributed by atoms with Crippen LogP contribution in [-0.4, -0.2) is 38.4 Å². The fourth-order valence-corrected chi connectivity index (χ4v) is 6.55. The minimum atomic E-state index is 0.0892. The Bertz CT molecular complexity index is 759. The average Bonchev–Trinajstić information content (AvgIpc) is 3.19. The van der Waals surface area contributed by atoms with E-state index in [1.54, 1.807) is 7.11 Å². The maximum absolute atomic E-state index is 12.6. The van der Waals surface area contributed by atoms with Crippen molar-refractivity contribution in [1.29, 1.82) is 0 Å². The second-order valence-corrected chi connectivity index (χ2v) is 10.3. The summed E-state index contributed by atoms with van der Waals surface area (Å²) in [6.45, 7) is 9.98. The van der Waals surface area contributed by atoms with Crippen LogP contribution in [0.15, 0.2) is 24.3 Å². The number of benzene rings is 1. The van der Waals surface area contributed by atoms with E-state index in [0.717, 1.165) is 18.8 Å².